The van der Waals surface area contributed by atoms with E-state index >= 15 is 0 Å². The van der Waals surface area contributed by atoms with Crippen molar-refractivity contribution in [2.24, 2.45) is 11.8 Å². The molecule has 0 spiro atoms. The van der Waals surface area contributed by atoms with Crippen LogP contribution in [-0.4, -0.2) is 35.7 Å². The number of aliphatic carboxylic acids is 1. The Morgan fingerprint density at radius 1 is 1.11 bits per heavy atom. The molecule has 1 aliphatic heterocycles. The second-order valence-electron chi connectivity index (χ2n) is 8.85. The molecule has 1 aromatic heterocycles. The van der Waals surface area contributed by atoms with Gasteiger partial charge in [-0.1, -0.05) is 37.3 Å². The molecular weight excluding hydrogens is 468 g/mol. The average molecular weight is 499 g/mol. The van der Waals surface area contributed by atoms with E-state index in [2.05, 4.69) is 10.6 Å². The molecule has 1 fully saturated rings. The van der Waals surface area contributed by atoms with E-state index in [1.807, 2.05) is 43.3 Å². The SMILES string of the molecule is CCc1cc(C(=O)NC(Cc2ccccc2)C2=COCO2)c(NC(=O)C2CCC(C(=O)O)CC2)s1. The number of carbonyl (C=O) groups is 3. The highest BCUT2D eigenvalue weighted by molar-refractivity contribution is 7.16. The van der Waals surface area contributed by atoms with Crippen molar-refractivity contribution in [1.82, 2.24) is 5.32 Å². The first kappa shape index (κ1) is 24.8. The smallest absolute Gasteiger partial charge is 0.306 e. The fourth-order valence-corrected chi connectivity index (χ4v) is 5.43. The Morgan fingerprint density at radius 3 is 2.46 bits per heavy atom. The second-order valence-corrected chi connectivity index (χ2v) is 9.99. The summed E-state index contributed by atoms with van der Waals surface area (Å²) in [5.41, 5.74) is 1.45. The molecule has 9 heteroatoms. The summed E-state index contributed by atoms with van der Waals surface area (Å²) in [7, 11) is 0. The molecule has 1 aliphatic carbocycles. The van der Waals surface area contributed by atoms with Crippen LogP contribution in [0.3, 0.4) is 0 Å². The highest BCUT2D eigenvalue weighted by Gasteiger charge is 2.31. The molecule has 2 heterocycles. The lowest BCUT2D eigenvalue weighted by molar-refractivity contribution is -0.143. The van der Waals surface area contributed by atoms with Crippen LogP contribution in [0.4, 0.5) is 5.00 Å². The monoisotopic (exact) mass is 498 g/mol. The van der Waals surface area contributed by atoms with Gasteiger partial charge >= 0.3 is 5.97 Å². The maximum atomic E-state index is 13.4. The second kappa shape index (κ2) is 11.4. The number of amides is 2. The Kier molecular flexibility index (Phi) is 8.07. The van der Waals surface area contributed by atoms with Crippen LogP contribution >= 0.6 is 11.3 Å². The third-order valence-corrected chi connectivity index (χ3v) is 7.68. The quantitative estimate of drug-likeness (QED) is 0.474. The highest BCUT2D eigenvalue weighted by Crippen LogP contribution is 2.33. The van der Waals surface area contributed by atoms with Crippen molar-refractivity contribution in [1.29, 1.82) is 0 Å². The van der Waals surface area contributed by atoms with Gasteiger partial charge in [-0.05, 0) is 43.7 Å². The molecule has 186 valence electrons. The lowest BCUT2D eigenvalue weighted by atomic mass is 9.81. The van der Waals surface area contributed by atoms with E-state index in [0.29, 0.717) is 48.4 Å². The zero-order valence-electron chi connectivity index (χ0n) is 19.6. The Balaban J connectivity index is 1.47. The first-order valence-electron chi connectivity index (χ1n) is 11.9. The molecule has 3 N–H and O–H groups in total. The van der Waals surface area contributed by atoms with Gasteiger partial charge in [0, 0.05) is 17.2 Å². The number of thiophene rings is 1. The topological polar surface area (TPSA) is 114 Å². The van der Waals surface area contributed by atoms with Gasteiger partial charge in [0.15, 0.2) is 5.76 Å². The van der Waals surface area contributed by atoms with Gasteiger partial charge < -0.3 is 25.2 Å². The number of ether oxygens (including phenoxy) is 2. The number of aryl methyl sites for hydroxylation is 1. The molecule has 2 aromatic rings. The van der Waals surface area contributed by atoms with Gasteiger partial charge in [-0.2, -0.15) is 0 Å². The lowest BCUT2D eigenvalue weighted by Gasteiger charge is -2.25. The van der Waals surface area contributed by atoms with Crippen molar-refractivity contribution >= 4 is 34.1 Å². The minimum absolute atomic E-state index is 0.111. The predicted molar refractivity (Wildman–Crippen MR) is 132 cm³/mol. The molecule has 0 bridgehead atoms. The molecule has 1 unspecified atom stereocenters. The van der Waals surface area contributed by atoms with Crippen LogP contribution in [0.2, 0.25) is 0 Å². The third kappa shape index (κ3) is 6.22. The van der Waals surface area contributed by atoms with Crippen molar-refractivity contribution in [3.63, 3.8) is 0 Å². The van der Waals surface area contributed by atoms with Crippen molar-refractivity contribution in [3.8, 4) is 0 Å². The number of carbonyl (C=O) groups excluding carboxylic acids is 2. The number of anilines is 1. The summed E-state index contributed by atoms with van der Waals surface area (Å²) < 4.78 is 10.8. The van der Waals surface area contributed by atoms with E-state index in [1.165, 1.54) is 17.6 Å². The summed E-state index contributed by atoms with van der Waals surface area (Å²) in [4.78, 5) is 38.5. The molecule has 2 amide bonds. The van der Waals surface area contributed by atoms with E-state index in [1.54, 1.807) is 0 Å². The van der Waals surface area contributed by atoms with Gasteiger partial charge in [-0.15, -0.1) is 11.3 Å². The summed E-state index contributed by atoms with van der Waals surface area (Å²) in [5.74, 6) is -1.36. The summed E-state index contributed by atoms with van der Waals surface area (Å²) >= 11 is 1.39. The number of carboxylic acid groups (broad SMARTS) is 1. The van der Waals surface area contributed by atoms with Crippen molar-refractivity contribution in [2.45, 2.75) is 51.5 Å². The Labute approximate surface area is 208 Å². The van der Waals surface area contributed by atoms with Gasteiger partial charge in [0.2, 0.25) is 12.7 Å². The number of hydrogen-bond donors (Lipinski definition) is 3. The van der Waals surface area contributed by atoms with Crippen LogP contribution in [0.25, 0.3) is 0 Å². The zero-order chi connectivity index (χ0) is 24.8. The molecule has 0 radical (unpaired) electrons. The summed E-state index contributed by atoms with van der Waals surface area (Å²) in [6, 6.07) is 11.2. The van der Waals surface area contributed by atoms with E-state index in [-0.39, 0.29) is 30.4 Å². The van der Waals surface area contributed by atoms with Crippen LogP contribution in [0.1, 0.15) is 53.4 Å². The molecule has 4 rings (SSSR count). The predicted octanol–water partition coefficient (Wildman–Crippen LogP) is 4.33. The van der Waals surface area contributed by atoms with E-state index < -0.39 is 12.0 Å². The molecule has 35 heavy (non-hydrogen) atoms. The molecule has 1 saturated carbocycles. The Hall–Kier alpha value is -3.33. The van der Waals surface area contributed by atoms with Crippen LogP contribution in [0.15, 0.2) is 48.4 Å². The zero-order valence-corrected chi connectivity index (χ0v) is 20.4. The molecule has 1 aromatic carbocycles. The van der Waals surface area contributed by atoms with Crippen LogP contribution in [0, 0.1) is 11.8 Å². The van der Waals surface area contributed by atoms with Crippen molar-refractivity contribution < 1.29 is 29.0 Å². The normalized spacial score (nSPS) is 20.2. The van der Waals surface area contributed by atoms with Gasteiger partial charge in [-0.3, -0.25) is 14.4 Å². The Morgan fingerprint density at radius 2 is 1.83 bits per heavy atom. The fraction of sp³-hybridized carbons (Fsp3) is 0.423. The number of benzene rings is 1. The first-order valence-corrected chi connectivity index (χ1v) is 12.7. The van der Waals surface area contributed by atoms with E-state index in [4.69, 9.17) is 9.47 Å². The molecule has 0 saturated heterocycles. The van der Waals surface area contributed by atoms with Crippen LogP contribution < -0.4 is 10.6 Å². The highest BCUT2D eigenvalue weighted by atomic mass is 32.1. The van der Waals surface area contributed by atoms with Crippen molar-refractivity contribution in [2.75, 3.05) is 12.1 Å². The lowest BCUT2D eigenvalue weighted by Crippen LogP contribution is -2.38. The van der Waals surface area contributed by atoms with Gasteiger partial charge in [0.25, 0.3) is 5.91 Å². The minimum atomic E-state index is -0.800. The molecule has 8 nitrogen and oxygen atoms in total. The minimum Gasteiger partial charge on any atom is -0.481 e. The van der Waals surface area contributed by atoms with Gasteiger partial charge in [-0.25, -0.2) is 0 Å². The van der Waals surface area contributed by atoms with Crippen LogP contribution in [-0.2, 0) is 31.9 Å². The molecular formula is C26H30N2O6S. The maximum absolute atomic E-state index is 13.4. The number of carboxylic acids is 1. The third-order valence-electron chi connectivity index (χ3n) is 6.48. The summed E-state index contributed by atoms with van der Waals surface area (Å²) in [6.07, 6.45) is 4.83. The number of nitrogens with one attached hydrogen (secondary N) is 2. The van der Waals surface area contributed by atoms with E-state index in [9.17, 15) is 19.5 Å². The maximum Gasteiger partial charge on any atom is 0.306 e. The molecule has 2 aliphatic rings. The fourth-order valence-electron chi connectivity index (χ4n) is 4.44. The largest absolute Gasteiger partial charge is 0.481 e. The van der Waals surface area contributed by atoms with E-state index in [0.717, 1.165) is 16.9 Å². The standard InChI is InChI=1S/C26H30N2O6S/c1-2-19-13-20(25(35-19)28-23(29)17-8-10-18(11-9-17)26(31)32)24(30)27-21(22-14-33-15-34-22)12-16-6-4-3-5-7-16/h3-7,13-14,17-18,21H,2,8-12,15H2,1H3,(H,27,30)(H,28,29)(H,31,32). The van der Waals surface area contributed by atoms with Crippen molar-refractivity contribution in [3.05, 3.63) is 64.4 Å². The van der Waals surface area contributed by atoms with Gasteiger partial charge in [0.05, 0.1) is 17.5 Å². The van der Waals surface area contributed by atoms with Gasteiger partial charge in [0.1, 0.15) is 11.3 Å². The van der Waals surface area contributed by atoms with Crippen LogP contribution in [0.5, 0.6) is 0 Å². The number of hydrogen-bond acceptors (Lipinski definition) is 6. The number of rotatable bonds is 9. The average Bonchev–Trinajstić information content (AvgIpc) is 3.55. The Bertz CT molecular complexity index is 1090. The molecule has 1 atom stereocenters. The summed E-state index contributed by atoms with van der Waals surface area (Å²) in [5, 5.41) is 15.7. The first-order chi connectivity index (χ1) is 16.9. The summed E-state index contributed by atoms with van der Waals surface area (Å²) in [6.45, 7) is 2.11.